The first-order valence-corrected chi connectivity index (χ1v) is 9.00. The predicted molar refractivity (Wildman–Crippen MR) is 103 cm³/mol. The molecule has 1 aliphatic heterocycles. The molecular weight excluding hydrogens is 416 g/mol. The first-order chi connectivity index (χ1) is 12.8. The van der Waals surface area contributed by atoms with E-state index >= 15 is 0 Å². The van der Waals surface area contributed by atoms with Crippen LogP contribution < -0.4 is 15.0 Å². The molecule has 2 amide bonds. The Morgan fingerprint density at radius 3 is 2.52 bits per heavy atom. The number of carboxylic acid groups (broad SMARTS) is 1. The lowest BCUT2D eigenvalue weighted by Gasteiger charge is -2.36. The highest BCUT2D eigenvalue weighted by Gasteiger charge is 2.37. The minimum atomic E-state index is -1.13. The fourth-order valence-electron chi connectivity index (χ4n) is 2.79. The Labute approximate surface area is 164 Å². The molecule has 0 aliphatic carbocycles. The maximum Gasteiger partial charge on any atom is 0.335 e. The number of nitrogens with zero attached hydrogens (tertiary/aromatic N) is 1. The van der Waals surface area contributed by atoms with Gasteiger partial charge in [0.05, 0.1) is 11.3 Å². The maximum absolute atomic E-state index is 12.7. The Morgan fingerprint density at radius 2 is 1.89 bits per heavy atom. The van der Waals surface area contributed by atoms with Gasteiger partial charge in [-0.15, -0.1) is 0 Å². The van der Waals surface area contributed by atoms with E-state index in [4.69, 9.17) is 4.74 Å². The summed E-state index contributed by atoms with van der Waals surface area (Å²) in [6.45, 7) is 3.17. The number of hydrogen-bond acceptors (Lipinski definition) is 4. The van der Waals surface area contributed by atoms with Gasteiger partial charge in [-0.3, -0.25) is 14.5 Å². The molecule has 0 aromatic heterocycles. The molecule has 0 saturated heterocycles. The average molecular weight is 433 g/mol. The van der Waals surface area contributed by atoms with Gasteiger partial charge in [-0.2, -0.15) is 0 Å². The molecule has 7 nitrogen and oxygen atoms in total. The van der Waals surface area contributed by atoms with Gasteiger partial charge in [0, 0.05) is 10.2 Å². The van der Waals surface area contributed by atoms with E-state index in [9.17, 15) is 19.5 Å². The molecule has 3 rings (SSSR count). The monoisotopic (exact) mass is 432 g/mol. The van der Waals surface area contributed by atoms with Crippen molar-refractivity contribution in [1.29, 1.82) is 0 Å². The fourth-order valence-corrected chi connectivity index (χ4v) is 3.05. The van der Waals surface area contributed by atoms with Crippen LogP contribution in [0.3, 0.4) is 0 Å². The Kier molecular flexibility index (Phi) is 5.18. The molecule has 0 saturated carbocycles. The summed E-state index contributed by atoms with van der Waals surface area (Å²) < 4.78 is 6.43. The smallest absolute Gasteiger partial charge is 0.335 e. The maximum atomic E-state index is 12.7. The minimum absolute atomic E-state index is 0.00483. The molecule has 8 heteroatoms. The van der Waals surface area contributed by atoms with Gasteiger partial charge in [0.15, 0.2) is 6.10 Å². The van der Waals surface area contributed by atoms with Crippen molar-refractivity contribution < 1.29 is 24.2 Å². The van der Waals surface area contributed by atoms with Gasteiger partial charge < -0.3 is 15.2 Å². The molecule has 2 unspecified atom stereocenters. The number of carbonyl (C=O) groups excluding carboxylic acids is 2. The topological polar surface area (TPSA) is 95.9 Å². The van der Waals surface area contributed by atoms with Crippen LogP contribution in [0, 0.1) is 0 Å². The quantitative estimate of drug-likeness (QED) is 0.772. The summed E-state index contributed by atoms with van der Waals surface area (Å²) in [7, 11) is 0. The largest absolute Gasteiger partial charge is 0.479 e. The molecular formula is C19H17BrN2O5. The summed E-state index contributed by atoms with van der Waals surface area (Å²) in [6, 6.07) is 10.4. The number of amides is 2. The zero-order valence-electron chi connectivity index (χ0n) is 14.6. The third kappa shape index (κ3) is 3.80. The normalized spacial score (nSPS) is 16.9. The third-order valence-electron chi connectivity index (χ3n) is 4.23. The first-order valence-electron chi connectivity index (χ1n) is 8.21. The van der Waals surface area contributed by atoms with E-state index in [0.29, 0.717) is 11.4 Å². The van der Waals surface area contributed by atoms with Crippen LogP contribution in [-0.2, 0) is 9.59 Å². The van der Waals surface area contributed by atoms with E-state index < -0.39 is 29.9 Å². The Morgan fingerprint density at radius 1 is 1.22 bits per heavy atom. The SMILES string of the molecule is CC1Oc2ccc(C(=O)O)cc2N(C(C)C(=O)Nc2ccc(Br)cc2)C1=O. The predicted octanol–water partition coefficient (Wildman–Crippen LogP) is 3.29. The molecule has 0 radical (unpaired) electrons. The lowest BCUT2D eigenvalue weighted by Crippen LogP contribution is -2.52. The Balaban J connectivity index is 1.92. The van der Waals surface area contributed by atoms with Crippen LogP contribution in [0.15, 0.2) is 46.9 Å². The molecule has 1 heterocycles. The number of benzene rings is 2. The second-order valence-electron chi connectivity index (χ2n) is 6.13. The molecule has 27 heavy (non-hydrogen) atoms. The van der Waals surface area contributed by atoms with E-state index in [1.54, 1.807) is 38.1 Å². The van der Waals surface area contributed by atoms with Crippen molar-refractivity contribution in [3.63, 3.8) is 0 Å². The summed E-state index contributed by atoms with van der Waals surface area (Å²) >= 11 is 3.33. The molecule has 140 valence electrons. The second-order valence-corrected chi connectivity index (χ2v) is 7.04. The molecule has 0 fully saturated rings. The number of rotatable bonds is 4. The molecule has 0 bridgehead atoms. The Bertz CT molecular complexity index is 913. The number of halogens is 1. The third-order valence-corrected chi connectivity index (χ3v) is 4.76. The molecule has 2 N–H and O–H groups in total. The van der Waals surface area contributed by atoms with Crippen LogP contribution >= 0.6 is 15.9 Å². The van der Waals surface area contributed by atoms with Gasteiger partial charge >= 0.3 is 5.97 Å². The molecule has 2 aromatic rings. The Hall–Kier alpha value is -2.87. The van der Waals surface area contributed by atoms with Crippen LogP contribution in [0.1, 0.15) is 24.2 Å². The van der Waals surface area contributed by atoms with Crippen molar-refractivity contribution in [2.75, 3.05) is 10.2 Å². The van der Waals surface area contributed by atoms with Crippen LogP contribution in [0.25, 0.3) is 0 Å². The number of anilines is 2. The van der Waals surface area contributed by atoms with Gasteiger partial charge in [-0.25, -0.2) is 4.79 Å². The molecule has 2 aromatic carbocycles. The van der Waals surface area contributed by atoms with Crippen LogP contribution in [-0.4, -0.2) is 35.0 Å². The summed E-state index contributed by atoms with van der Waals surface area (Å²) in [4.78, 5) is 37.9. The summed E-state index contributed by atoms with van der Waals surface area (Å²) in [6.07, 6.45) is -0.781. The van der Waals surface area contributed by atoms with E-state index in [2.05, 4.69) is 21.2 Å². The standard InChI is InChI=1S/C19H17BrN2O5/c1-10(17(23)21-14-6-4-13(20)5-7-14)22-15-9-12(19(25)26)3-8-16(15)27-11(2)18(22)24/h3-11H,1-2H3,(H,21,23)(H,25,26). The lowest BCUT2D eigenvalue weighted by molar-refractivity contribution is -0.128. The number of ether oxygens (including phenoxy) is 1. The van der Waals surface area contributed by atoms with Crippen molar-refractivity contribution in [3.05, 3.63) is 52.5 Å². The van der Waals surface area contributed by atoms with E-state index in [-0.39, 0.29) is 11.3 Å². The summed E-state index contributed by atoms with van der Waals surface area (Å²) in [5.41, 5.74) is 0.852. The lowest BCUT2D eigenvalue weighted by atomic mass is 10.1. The average Bonchev–Trinajstić information content (AvgIpc) is 2.63. The van der Waals surface area contributed by atoms with Crippen LogP contribution in [0.4, 0.5) is 11.4 Å². The summed E-state index contributed by atoms with van der Waals surface area (Å²) in [5.74, 6) is -1.58. The van der Waals surface area contributed by atoms with Gasteiger partial charge in [0.1, 0.15) is 11.8 Å². The number of carboxylic acids is 1. The molecule has 1 aliphatic rings. The highest BCUT2D eigenvalue weighted by atomic mass is 79.9. The molecule has 0 spiro atoms. The number of aromatic carboxylic acids is 1. The van der Waals surface area contributed by atoms with Crippen molar-refractivity contribution in [3.8, 4) is 5.75 Å². The van der Waals surface area contributed by atoms with Gasteiger partial charge in [-0.05, 0) is 56.3 Å². The highest BCUT2D eigenvalue weighted by molar-refractivity contribution is 9.10. The van der Waals surface area contributed by atoms with Crippen molar-refractivity contribution in [1.82, 2.24) is 0 Å². The van der Waals surface area contributed by atoms with Crippen molar-refractivity contribution in [2.24, 2.45) is 0 Å². The van der Waals surface area contributed by atoms with Crippen LogP contribution in [0.2, 0.25) is 0 Å². The number of nitrogens with one attached hydrogen (secondary N) is 1. The minimum Gasteiger partial charge on any atom is -0.479 e. The van der Waals surface area contributed by atoms with E-state index in [0.717, 1.165) is 4.47 Å². The molecule has 2 atom stereocenters. The number of carbonyl (C=O) groups is 3. The van der Waals surface area contributed by atoms with Crippen molar-refractivity contribution in [2.45, 2.75) is 26.0 Å². The van der Waals surface area contributed by atoms with Gasteiger partial charge in [0.2, 0.25) is 5.91 Å². The fraction of sp³-hybridized carbons (Fsp3) is 0.211. The number of hydrogen-bond donors (Lipinski definition) is 2. The second kappa shape index (κ2) is 7.40. The van der Waals surface area contributed by atoms with E-state index in [1.807, 2.05) is 0 Å². The van der Waals surface area contributed by atoms with Crippen LogP contribution in [0.5, 0.6) is 5.75 Å². The summed E-state index contributed by atoms with van der Waals surface area (Å²) in [5, 5.41) is 12.0. The van der Waals surface area contributed by atoms with Gasteiger partial charge in [-0.1, -0.05) is 15.9 Å². The highest BCUT2D eigenvalue weighted by Crippen LogP contribution is 2.36. The first kappa shape index (κ1) is 18.9. The number of fused-ring (bicyclic) bond motifs is 1. The zero-order chi connectivity index (χ0) is 19.7. The van der Waals surface area contributed by atoms with E-state index in [1.165, 1.54) is 23.1 Å². The van der Waals surface area contributed by atoms with Gasteiger partial charge in [0.25, 0.3) is 5.91 Å². The zero-order valence-corrected chi connectivity index (χ0v) is 16.2. The van der Waals surface area contributed by atoms with Crippen molar-refractivity contribution >= 4 is 45.1 Å².